The van der Waals surface area contributed by atoms with Crippen molar-refractivity contribution in [3.63, 3.8) is 0 Å². The standard InChI is InChI=1S/C17H15N3/c1-12-8-13(2)10-15(9-12)17-19-11-18-16(20-17)14-6-4-3-5-7-14/h3-11H,1-2H3. The fourth-order valence-corrected chi connectivity index (χ4v) is 2.27. The highest BCUT2D eigenvalue weighted by molar-refractivity contribution is 5.61. The van der Waals surface area contributed by atoms with Crippen LogP contribution in [0.4, 0.5) is 0 Å². The largest absolute Gasteiger partial charge is 0.217 e. The van der Waals surface area contributed by atoms with Gasteiger partial charge in [-0.15, -0.1) is 0 Å². The quantitative estimate of drug-likeness (QED) is 0.704. The molecular formula is C17H15N3. The van der Waals surface area contributed by atoms with E-state index >= 15 is 0 Å². The summed E-state index contributed by atoms with van der Waals surface area (Å²) in [6, 6.07) is 16.3. The fourth-order valence-electron chi connectivity index (χ4n) is 2.27. The molecule has 3 heteroatoms. The molecule has 1 heterocycles. The summed E-state index contributed by atoms with van der Waals surface area (Å²) in [7, 11) is 0. The Labute approximate surface area is 118 Å². The Hall–Kier alpha value is -2.55. The maximum Gasteiger partial charge on any atom is 0.163 e. The van der Waals surface area contributed by atoms with E-state index in [9.17, 15) is 0 Å². The van der Waals surface area contributed by atoms with Gasteiger partial charge in [0, 0.05) is 11.1 Å². The van der Waals surface area contributed by atoms with Crippen molar-refractivity contribution in [2.24, 2.45) is 0 Å². The van der Waals surface area contributed by atoms with Crippen molar-refractivity contribution < 1.29 is 0 Å². The predicted octanol–water partition coefficient (Wildman–Crippen LogP) is 3.82. The Morgan fingerprint density at radius 3 is 1.95 bits per heavy atom. The summed E-state index contributed by atoms with van der Waals surface area (Å²) in [5, 5.41) is 0. The molecule has 0 bridgehead atoms. The second-order valence-corrected chi connectivity index (χ2v) is 4.88. The second-order valence-electron chi connectivity index (χ2n) is 4.88. The molecular weight excluding hydrogens is 246 g/mol. The third kappa shape index (κ3) is 2.57. The van der Waals surface area contributed by atoms with Crippen molar-refractivity contribution in [2.45, 2.75) is 13.8 Å². The van der Waals surface area contributed by atoms with E-state index in [1.165, 1.54) is 11.1 Å². The summed E-state index contributed by atoms with van der Waals surface area (Å²) in [6.45, 7) is 4.16. The summed E-state index contributed by atoms with van der Waals surface area (Å²) < 4.78 is 0. The molecule has 1 aromatic heterocycles. The number of aromatic nitrogens is 3. The van der Waals surface area contributed by atoms with Crippen LogP contribution in [-0.2, 0) is 0 Å². The highest BCUT2D eigenvalue weighted by atomic mass is 15.0. The lowest BCUT2D eigenvalue weighted by Gasteiger charge is -2.05. The SMILES string of the molecule is Cc1cc(C)cc(-c2ncnc(-c3ccccc3)n2)c1. The zero-order chi connectivity index (χ0) is 13.9. The topological polar surface area (TPSA) is 38.7 Å². The highest BCUT2D eigenvalue weighted by Gasteiger charge is 2.06. The molecule has 20 heavy (non-hydrogen) atoms. The minimum atomic E-state index is 0.703. The normalized spacial score (nSPS) is 10.5. The van der Waals surface area contributed by atoms with E-state index in [0.29, 0.717) is 11.6 Å². The minimum absolute atomic E-state index is 0.703. The molecule has 0 radical (unpaired) electrons. The number of benzene rings is 2. The maximum atomic E-state index is 4.57. The van der Waals surface area contributed by atoms with E-state index in [-0.39, 0.29) is 0 Å². The molecule has 3 aromatic rings. The van der Waals surface area contributed by atoms with Crippen LogP contribution in [0.15, 0.2) is 54.9 Å². The van der Waals surface area contributed by atoms with Crippen LogP contribution >= 0.6 is 0 Å². The Morgan fingerprint density at radius 2 is 1.30 bits per heavy atom. The average Bonchev–Trinajstić information content (AvgIpc) is 2.47. The van der Waals surface area contributed by atoms with E-state index in [1.54, 1.807) is 6.33 Å². The average molecular weight is 261 g/mol. The van der Waals surface area contributed by atoms with Crippen molar-refractivity contribution in [3.05, 3.63) is 66.0 Å². The van der Waals surface area contributed by atoms with Crippen LogP contribution in [0.25, 0.3) is 22.8 Å². The molecule has 0 spiro atoms. The van der Waals surface area contributed by atoms with Crippen molar-refractivity contribution >= 4 is 0 Å². The van der Waals surface area contributed by atoms with E-state index in [2.05, 4.69) is 47.0 Å². The van der Waals surface area contributed by atoms with Gasteiger partial charge in [-0.3, -0.25) is 0 Å². The van der Waals surface area contributed by atoms with Crippen molar-refractivity contribution in [1.29, 1.82) is 0 Å². The fraction of sp³-hybridized carbons (Fsp3) is 0.118. The van der Waals surface area contributed by atoms with Crippen LogP contribution in [0.2, 0.25) is 0 Å². The van der Waals surface area contributed by atoms with E-state index in [1.807, 2.05) is 30.3 Å². The Balaban J connectivity index is 2.07. The van der Waals surface area contributed by atoms with Crippen LogP contribution < -0.4 is 0 Å². The number of nitrogens with zero attached hydrogens (tertiary/aromatic N) is 3. The van der Waals surface area contributed by atoms with Gasteiger partial charge in [-0.25, -0.2) is 15.0 Å². The van der Waals surface area contributed by atoms with Gasteiger partial charge in [-0.2, -0.15) is 0 Å². The lowest BCUT2D eigenvalue weighted by molar-refractivity contribution is 1.06. The summed E-state index contributed by atoms with van der Waals surface area (Å²) in [5.74, 6) is 1.42. The molecule has 0 aliphatic rings. The predicted molar refractivity (Wildman–Crippen MR) is 80.2 cm³/mol. The minimum Gasteiger partial charge on any atom is -0.217 e. The molecule has 0 aliphatic heterocycles. The molecule has 0 saturated heterocycles. The zero-order valence-corrected chi connectivity index (χ0v) is 11.5. The van der Waals surface area contributed by atoms with Gasteiger partial charge < -0.3 is 0 Å². The Bertz CT molecular complexity index is 716. The van der Waals surface area contributed by atoms with Gasteiger partial charge in [-0.05, 0) is 26.0 Å². The molecule has 2 aromatic carbocycles. The van der Waals surface area contributed by atoms with Crippen LogP contribution in [0.3, 0.4) is 0 Å². The summed E-state index contributed by atoms with van der Waals surface area (Å²) >= 11 is 0. The highest BCUT2D eigenvalue weighted by Crippen LogP contribution is 2.21. The molecule has 0 fully saturated rings. The Kier molecular flexibility index (Phi) is 3.25. The summed E-state index contributed by atoms with van der Waals surface area (Å²) in [6.07, 6.45) is 1.57. The first-order valence-corrected chi connectivity index (χ1v) is 6.55. The first-order valence-electron chi connectivity index (χ1n) is 6.55. The third-order valence-electron chi connectivity index (χ3n) is 3.08. The van der Waals surface area contributed by atoms with Gasteiger partial charge in [0.05, 0.1) is 0 Å². The number of hydrogen-bond acceptors (Lipinski definition) is 3. The lowest BCUT2D eigenvalue weighted by Crippen LogP contribution is -1.95. The molecule has 0 saturated carbocycles. The first kappa shape index (κ1) is 12.5. The van der Waals surface area contributed by atoms with Crippen molar-refractivity contribution in [1.82, 2.24) is 15.0 Å². The molecule has 3 nitrogen and oxygen atoms in total. The first-order chi connectivity index (χ1) is 9.72. The Morgan fingerprint density at radius 1 is 0.700 bits per heavy atom. The van der Waals surface area contributed by atoms with Crippen LogP contribution in [0, 0.1) is 13.8 Å². The molecule has 0 unspecified atom stereocenters. The van der Waals surface area contributed by atoms with Gasteiger partial charge >= 0.3 is 0 Å². The lowest BCUT2D eigenvalue weighted by atomic mass is 10.1. The molecule has 0 N–H and O–H groups in total. The van der Waals surface area contributed by atoms with Crippen LogP contribution in [0.5, 0.6) is 0 Å². The molecule has 0 atom stereocenters. The zero-order valence-electron chi connectivity index (χ0n) is 11.5. The van der Waals surface area contributed by atoms with Crippen molar-refractivity contribution in [2.75, 3.05) is 0 Å². The van der Waals surface area contributed by atoms with Gasteiger partial charge in [0.1, 0.15) is 6.33 Å². The molecule has 98 valence electrons. The molecule has 0 aliphatic carbocycles. The van der Waals surface area contributed by atoms with Gasteiger partial charge in [0.25, 0.3) is 0 Å². The van der Waals surface area contributed by atoms with E-state index in [4.69, 9.17) is 0 Å². The van der Waals surface area contributed by atoms with Gasteiger partial charge in [0.2, 0.25) is 0 Å². The second kappa shape index (κ2) is 5.21. The number of rotatable bonds is 2. The number of hydrogen-bond donors (Lipinski definition) is 0. The summed E-state index contributed by atoms with van der Waals surface area (Å²) in [5.41, 5.74) is 4.45. The maximum absolute atomic E-state index is 4.57. The smallest absolute Gasteiger partial charge is 0.163 e. The van der Waals surface area contributed by atoms with Gasteiger partial charge in [-0.1, -0.05) is 47.5 Å². The number of aryl methyl sites for hydroxylation is 2. The van der Waals surface area contributed by atoms with Gasteiger partial charge in [0.15, 0.2) is 11.6 Å². The van der Waals surface area contributed by atoms with E-state index < -0.39 is 0 Å². The van der Waals surface area contributed by atoms with Crippen LogP contribution in [-0.4, -0.2) is 15.0 Å². The van der Waals surface area contributed by atoms with E-state index in [0.717, 1.165) is 11.1 Å². The molecule has 3 rings (SSSR count). The van der Waals surface area contributed by atoms with Crippen LogP contribution in [0.1, 0.15) is 11.1 Å². The monoisotopic (exact) mass is 261 g/mol. The van der Waals surface area contributed by atoms with Crippen molar-refractivity contribution in [3.8, 4) is 22.8 Å². The third-order valence-corrected chi connectivity index (χ3v) is 3.08. The molecule has 0 amide bonds. The summed E-state index contributed by atoms with van der Waals surface area (Å²) in [4.78, 5) is 13.1.